The molecule has 0 aliphatic rings. The van der Waals surface area contributed by atoms with Gasteiger partial charge in [-0.1, -0.05) is 11.6 Å². The first-order chi connectivity index (χ1) is 6.52. The molecule has 0 aromatic heterocycles. The minimum atomic E-state index is 0.0238. The van der Waals surface area contributed by atoms with Crippen molar-refractivity contribution in [2.75, 3.05) is 12.5 Å². The largest absolute Gasteiger partial charge is 0.376 e. The Labute approximate surface area is 93.5 Å². The van der Waals surface area contributed by atoms with Crippen molar-refractivity contribution in [1.82, 2.24) is 0 Å². The zero-order chi connectivity index (χ0) is 11.0. The second-order valence-corrected chi connectivity index (χ2v) is 4.56. The molecule has 0 spiro atoms. The summed E-state index contributed by atoms with van der Waals surface area (Å²) in [6.45, 7) is 9.27. The molecule has 0 bridgehead atoms. The molecular weight excluding hydrogens is 196 g/mol. The van der Waals surface area contributed by atoms with Gasteiger partial charge in [-0.2, -0.15) is 0 Å². The van der Waals surface area contributed by atoms with E-state index in [-0.39, 0.29) is 5.60 Å². The van der Waals surface area contributed by atoms with E-state index in [4.69, 9.17) is 16.3 Å². The average molecular weight is 219 g/mol. The summed E-state index contributed by atoms with van der Waals surface area (Å²) in [5.41, 5.74) is 1.41. The fourth-order valence-corrected chi connectivity index (χ4v) is 1.75. The van der Waals surface area contributed by atoms with Crippen LogP contribution < -0.4 is 0 Å². The first-order valence-corrected chi connectivity index (χ1v) is 5.91. The van der Waals surface area contributed by atoms with E-state index in [0.29, 0.717) is 5.88 Å². The lowest BCUT2D eigenvalue weighted by Gasteiger charge is -2.24. The first kappa shape index (κ1) is 14.0. The molecule has 0 heterocycles. The van der Waals surface area contributed by atoms with Gasteiger partial charge in [0.15, 0.2) is 0 Å². The van der Waals surface area contributed by atoms with Gasteiger partial charge in [-0.25, -0.2) is 0 Å². The summed E-state index contributed by atoms with van der Waals surface area (Å²) < 4.78 is 5.63. The molecule has 0 aromatic rings. The van der Waals surface area contributed by atoms with Crippen molar-refractivity contribution in [1.29, 1.82) is 0 Å². The van der Waals surface area contributed by atoms with E-state index in [0.717, 1.165) is 19.4 Å². The van der Waals surface area contributed by atoms with Crippen LogP contribution >= 0.6 is 11.6 Å². The summed E-state index contributed by atoms with van der Waals surface area (Å²) >= 11 is 5.61. The van der Waals surface area contributed by atoms with Gasteiger partial charge in [0.25, 0.3) is 0 Å². The maximum atomic E-state index is 5.63. The van der Waals surface area contributed by atoms with E-state index in [1.165, 1.54) is 12.0 Å². The lowest BCUT2D eigenvalue weighted by molar-refractivity contribution is -0.0173. The van der Waals surface area contributed by atoms with Crippen LogP contribution in [0, 0.1) is 0 Å². The van der Waals surface area contributed by atoms with Crippen LogP contribution in [0.1, 0.15) is 47.0 Å². The van der Waals surface area contributed by atoms with Crippen LogP contribution in [0.2, 0.25) is 0 Å². The highest BCUT2D eigenvalue weighted by Crippen LogP contribution is 2.19. The van der Waals surface area contributed by atoms with Crippen LogP contribution in [-0.4, -0.2) is 18.1 Å². The molecule has 0 unspecified atom stereocenters. The van der Waals surface area contributed by atoms with Gasteiger partial charge in [0, 0.05) is 12.5 Å². The molecule has 0 aromatic carbocycles. The number of allylic oxidation sites excluding steroid dienone is 2. The molecule has 0 saturated heterocycles. The standard InChI is InChI=1S/C12H23ClO/c1-5-14-12(3,4)9-6-7-11(2)8-10-13/h8H,5-7,9-10H2,1-4H3/b11-8+. The Morgan fingerprint density at radius 3 is 2.57 bits per heavy atom. The summed E-state index contributed by atoms with van der Waals surface area (Å²) in [4.78, 5) is 0. The van der Waals surface area contributed by atoms with Gasteiger partial charge in [-0.3, -0.25) is 0 Å². The molecule has 0 rings (SSSR count). The van der Waals surface area contributed by atoms with Crippen molar-refractivity contribution >= 4 is 11.6 Å². The fourth-order valence-electron chi connectivity index (χ4n) is 1.49. The summed E-state index contributed by atoms with van der Waals surface area (Å²) in [6, 6.07) is 0. The predicted molar refractivity (Wildman–Crippen MR) is 64.0 cm³/mol. The molecule has 0 aliphatic heterocycles. The van der Waals surface area contributed by atoms with E-state index in [2.05, 4.69) is 26.8 Å². The topological polar surface area (TPSA) is 9.23 Å². The van der Waals surface area contributed by atoms with Crippen molar-refractivity contribution in [3.63, 3.8) is 0 Å². The third-order valence-corrected chi connectivity index (χ3v) is 2.46. The second-order valence-electron chi connectivity index (χ2n) is 4.25. The Balaban J connectivity index is 3.67. The Bertz CT molecular complexity index is 173. The molecule has 0 aliphatic carbocycles. The Morgan fingerprint density at radius 1 is 1.43 bits per heavy atom. The van der Waals surface area contributed by atoms with Crippen LogP contribution in [0.5, 0.6) is 0 Å². The minimum Gasteiger partial charge on any atom is -0.376 e. The number of rotatable bonds is 7. The summed E-state index contributed by atoms with van der Waals surface area (Å²) in [7, 11) is 0. The van der Waals surface area contributed by atoms with Crippen LogP contribution in [0.4, 0.5) is 0 Å². The van der Waals surface area contributed by atoms with Gasteiger partial charge in [0.2, 0.25) is 0 Å². The highest BCUT2D eigenvalue weighted by Gasteiger charge is 2.16. The van der Waals surface area contributed by atoms with Gasteiger partial charge in [-0.15, -0.1) is 11.6 Å². The molecule has 0 amide bonds. The summed E-state index contributed by atoms with van der Waals surface area (Å²) in [6.07, 6.45) is 5.49. The number of alkyl halides is 1. The quantitative estimate of drug-likeness (QED) is 0.461. The van der Waals surface area contributed by atoms with Gasteiger partial charge in [0.05, 0.1) is 5.60 Å². The zero-order valence-corrected chi connectivity index (χ0v) is 10.7. The van der Waals surface area contributed by atoms with Crippen molar-refractivity contribution < 1.29 is 4.74 Å². The normalized spacial score (nSPS) is 13.4. The van der Waals surface area contributed by atoms with E-state index >= 15 is 0 Å². The average Bonchev–Trinajstić information content (AvgIpc) is 2.03. The molecule has 0 saturated carbocycles. The predicted octanol–water partition coefficient (Wildman–Crippen LogP) is 4.16. The van der Waals surface area contributed by atoms with Crippen LogP contribution in [0.25, 0.3) is 0 Å². The molecule has 0 fully saturated rings. The lowest BCUT2D eigenvalue weighted by atomic mass is 9.99. The Morgan fingerprint density at radius 2 is 2.07 bits per heavy atom. The molecular formula is C12H23ClO. The molecule has 2 heteroatoms. The lowest BCUT2D eigenvalue weighted by Crippen LogP contribution is -2.24. The third-order valence-electron chi connectivity index (χ3n) is 2.31. The molecule has 0 atom stereocenters. The fraction of sp³-hybridized carbons (Fsp3) is 0.833. The highest BCUT2D eigenvalue weighted by molar-refractivity contribution is 6.18. The van der Waals surface area contributed by atoms with E-state index in [1.54, 1.807) is 0 Å². The van der Waals surface area contributed by atoms with Crippen LogP contribution in [-0.2, 0) is 4.74 Å². The number of ether oxygens (including phenoxy) is 1. The Kier molecular flexibility index (Phi) is 7.30. The molecule has 14 heavy (non-hydrogen) atoms. The molecule has 0 radical (unpaired) electrons. The minimum absolute atomic E-state index is 0.0238. The maximum absolute atomic E-state index is 5.63. The SMILES string of the molecule is CCOC(C)(C)CCC/C(C)=C/CCl. The van der Waals surface area contributed by atoms with Crippen molar-refractivity contribution in [3.8, 4) is 0 Å². The van der Waals surface area contributed by atoms with Gasteiger partial charge < -0.3 is 4.74 Å². The van der Waals surface area contributed by atoms with Crippen LogP contribution in [0.3, 0.4) is 0 Å². The van der Waals surface area contributed by atoms with Gasteiger partial charge >= 0.3 is 0 Å². The zero-order valence-electron chi connectivity index (χ0n) is 9.90. The maximum Gasteiger partial charge on any atom is 0.0626 e. The first-order valence-electron chi connectivity index (χ1n) is 5.37. The third kappa shape index (κ3) is 7.40. The number of hydrogen-bond donors (Lipinski definition) is 0. The van der Waals surface area contributed by atoms with E-state index in [1.807, 2.05) is 6.92 Å². The van der Waals surface area contributed by atoms with Crippen molar-refractivity contribution in [3.05, 3.63) is 11.6 Å². The smallest absolute Gasteiger partial charge is 0.0626 e. The molecule has 0 N–H and O–H groups in total. The Hall–Kier alpha value is -0.0100. The summed E-state index contributed by atoms with van der Waals surface area (Å²) in [5, 5.41) is 0. The highest BCUT2D eigenvalue weighted by atomic mass is 35.5. The van der Waals surface area contributed by atoms with Gasteiger partial charge in [-0.05, 0) is 47.0 Å². The summed E-state index contributed by atoms with van der Waals surface area (Å²) in [5.74, 6) is 0.626. The number of hydrogen-bond acceptors (Lipinski definition) is 1. The number of halogens is 1. The van der Waals surface area contributed by atoms with E-state index in [9.17, 15) is 0 Å². The van der Waals surface area contributed by atoms with Crippen molar-refractivity contribution in [2.24, 2.45) is 0 Å². The monoisotopic (exact) mass is 218 g/mol. The van der Waals surface area contributed by atoms with E-state index < -0.39 is 0 Å². The molecule has 84 valence electrons. The van der Waals surface area contributed by atoms with Gasteiger partial charge in [0.1, 0.15) is 0 Å². The van der Waals surface area contributed by atoms with Crippen molar-refractivity contribution in [2.45, 2.75) is 52.6 Å². The molecule has 1 nitrogen and oxygen atoms in total. The second kappa shape index (κ2) is 7.30. The van der Waals surface area contributed by atoms with Crippen LogP contribution in [0.15, 0.2) is 11.6 Å².